The molecule has 4 heteroatoms. The van der Waals surface area contributed by atoms with Crippen LogP contribution in [0.3, 0.4) is 0 Å². The predicted octanol–water partition coefficient (Wildman–Crippen LogP) is 2.71. The average molecular weight is 306 g/mol. The summed E-state index contributed by atoms with van der Waals surface area (Å²) in [6.45, 7) is 21.3. The standard InChI is InChI=1S/C16H35N3.ClH/c1-6-18(7-2)10-11-19(12-15(3)4)14-16(5)8-9-17-13-16;/h15,17H,6-14H2,1-5H3;1H. The van der Waals surface area contributed by atoms with Gasteiger partial charge in [-0.15, -0.1) is 12.4 Å². The molecule has 0 aromatic carbocycles. The Morgan fingerprint density at radius 3 is 2.15 bits per heavy atom. The van der Waals surface area contributed by atoms with Crippen molar-refractivity contribution in [2.75, 3.05) is 52.4 Å². The second-order valence-electron chi connectivity index (χ2n) is 6.89. The molecule has 0 aromatic rings. The molecule has 1 rings (SSSR count). The van der Waals surface area contributed by atoms with Crippen LogP contribution in [0, 0.1) is 11.3 Å². The van der Waals surface area contributed by atoms with Gasteiger partial charge in [0.1, 0.15) is 0 Å². The number of halogens is 1. The number of nitrogens with zero attached hydrogens (tertiary/aromatic N) is 2. The van der Waals surface area contributed by atoms with E-state index in [0.717, 1.165) is 5.92 Å². The molecule has 20 heavy (non-hydrogen) atoms. The molecular formula is C16H36ClN3. The van der Waals surface area contributed by atoms with E-state index < -0.39 is 0 Å². The molecular weight excluding hydrogens is 270 g/mol. The Kier molecular flexibility index (Phi) is 10.1. The van der Waals surface area contributed by atoms with Crippen LogP contribution in [0.25, 0.3) is 0 Å². The van der Waals surface area contributed by atoms with Crippen LogP contribution < -0.4 is 5.32 Å². The Balaban J connectivity index is 0.00000361. The van der Waals surface area contributed by atoms with E-state index in [1.807, 2.05) is 0 Å². The molecule has 1 N–H and O–H groups in total. The summed E-state index contributed by atoms with van der Waals surface area (Å²) in [4.78, 5) is 5.22. The normalized spacial score (nSPS) is 22.8. The van der Waals surface area contributed by atoms with Gasteiger partial charge in [0, 0.05) is 32.7 Å². The molecule has 1 saturated heterocycles. The van der Waals surface area contributed by atoms with Crippen LogP contribution >= 0.6 is 12.4 Å². The molecule has 0 bridgehead atoms. The zero-order valence-corrected chi connectivity index (χ0v) is 15.1. The van der Waals surface area contributed by atoms with Gasteiger partial charge >= 0.3 is 0 Å². The maximum atomic E-state index is 3.52. The summed E-state index contributed by atoms with van der Waals surface area (Å²) in [6.07, 6.45) is 1.33. The molecule has 0 aromatic heterocycles. The first-order valence-electron chi connectivity index (χ1n) is 8.14. The second-order valence-corrected chi connectivity index (χ2v) is 6.89. The van der Waals surface area contributed by atoms with Crippen molar-refractivity contribution >= 4 is 12.4 Å². The van der Waals surface area contributed by atoms with Gasteiger partial charge < -0.3 is 15.1 Å². The van der Waals surface area contributed by atoms with Gasteiger partial charge in [0.25, 0.3) is 0 Å². The summed E-state index contributed by atoms with van der Waals surface area (Å²) in [5.74, 6) is 0.759. The van der Waals surface area contributed by atoms with Crippen LogP contribution in [-0.2, 0) is 0 Å². The third-order valence-corrected chi connectivity index (χ3v) is 4.31. The first kappa shape index (κ1) is 20.2. The van der Waals surface area contributed by atoms with E-state index in [0.29, 0.717) is 5.41 Å². The van der Waals surface area contributed by atoms with Gasteiger partial charge in [0.15, 0.2) is 0 Å². The van der Waals surface area contributed by atoms with Crippen LogP contribution in [0.5, 0.6) is 0 Å². The number of hydrogen-bond acceptors (Lipinski definition) is 3. The fourth-order valence-electron chi connectivity index (χ4n) is 3.12. The van der Waals surface area contributed by atoms with Crippen LogP contribution in [0.15, 0.2) is 0 Å². The van der Waals surface area contributed by atoms with Crippen LogP contribution in [0.4, 0.5) is 0 Å². The first-order chi connectivity index (χ1) is 8.99. The fraction of sp³-hybridized carbons (Fsp3) is 1.00. The molecule has 1 unspecified atom stereocenters. The fourth-order valence-corrected chi connectivity index (χ4v) is 3.12. The molecule has 1 heterocycles. The van der Waals surface area contributed by atoms with E-state index in [2.05, 4.69) is 49.7 Å². The summed E-state index contributed by atoms with van der Waals surface area (Å²) in [5, 5.41) is 3.52. The van der Waals surface area contributed by atoms with Gasteiger partial charge in [-0.2, -0.15) is 0 Å². The largest absolute Gasteiger partial charge is 0.316 e. The third kappa shape index (κ3) is 7.26. The van der Waals surface area contributed by atoms with Crippen LogP contribution in [0.1, 0.15) is 41.0 Å². The lowest BCUT2D eigenvalue weighted by atomic mass is 9.89. The Morgan fingerprint density at radius 2 is 1.70 bits per heavy atom. The van der Waals surface area contributed by atoms with Crippen molar-refractivity contribution in [2.45, 2.75) is 41.0 Å². The lowest BCUT2D eigenvalue weighted by molar-refractivity contribution is 0.142. The third-order valence-electron chi connectivity index (χ3n) is 4.31. The zero-order valence-electron chi connectivity index (χ0n) is 14.2. The molecule has 0 radical (unpaired) electrons. The molecule has 1 fully saturated rings. The number of likely N-dealkylation sites (N-methyl/N-ethyl adjacent to an activating group) is 1. The van der Waals surface area contributed by atoms with Crippen LogP contribution in [-0.4, -0.2) is 62.2 Å². The SMILES string of the molecule is CCN(CC)CCN(CC(C)C)CC1(C)CCNC1.Cl. The summed E-state index contributed by atoms with van der Waals surface area (Å²) in [7, 11) is 0. The Hall–Kier alpha value is 0.170. The Morgan fingerprint density at radius 1 is 1.10 bits per heavy atom. The van der Waals surface area contributed by atoms with Crippen molar-refractivity contribution < 1.29 is 0 Å². The van der Waals surface area contributed by atoms with Gasteiger partial charge in [-0.1, -0.05) is 34.6 Å². The van der Waals surface area contributed by atoms with Gasteiger partial charge in [0.2, 0.25) is 0 Å². The predicted molar refractivity (Wildman–Crippen MR) is 91.9 cm³/mol. The molecule has 1 atom stereocenters. The highest BCUT2D eigenvalue weighted by molar-refractivity contribution is 5.85. The molecule has 1 aliphatic rings. The van der Waals surface area contributed by atoms with Crippen molar-refractivity contribution in [3.8, 4) is 0 Å². The van der Waals surface area contributed by atoms with Crippen molar-refractivity contribution in [3.63, 3.8) is 0 Å². The minimum Gasteiger partial charge on any atom is -0.316 e. The highest BCUT2D eigenvalue weighted by atomic mass is 35.5. The van der Waals surface area contributed by atoms with E-state index in [1.165, 1.54) is 58.8 Å². The van der Waals surface area contributed by atoms with E-state index in [9.17, 15) is 0 Å². The minimum absolute atomic E-state index is 0. The smallest absolute Gasteiger partial charge is 0.0110 e. The van der Waals surface area contributed by atoms with Crippen molar-refractivity contribution in [2.24, 2.45) is 11.3 Å². The number of nitrogens with one attached hydrogen (secondary N) is 1. The second kappa shape index (κ2) is 9.99. The van der Waals surface area contributed by atoms with Crippen molar-refractivity contribution in [1.29, 1.82) is 0 Å². The Bertz CT molecular complexity index is 236. The average Bonchev–Trinajstić information content (AvgIpc) is 2.76. The highest BCUT2D eigenvalue weighted by Crippen LogP contribution is 2.25. The number of hydrogen-bond donors (Lipinski definition) is 1. The lowest BCUT2D eigenvalue weighted by Gasteiger charge is -2.34. The molecule has 0 aliphatic carbocycles. The van der Waals surface area contributed by atoms with E-state index in [1.54, 1.807) is 0 Å². The summed E-state index contributed by atoms with van der Waals surface area (Å²) in [6, 6.07) is 0. The molecule has 0 saturated carbocycles. The lowest BCUT2D eigenvalue weighted by Crippen LogP contribution is -2.43. The van der Waals surface area contributed by atoms with Crippen molar-refractivity contribution in [3.05, 3.63) is 0 Å². The molecule has 0 amide bonds. The molecule has 1 aliphatic heterocycles. The monoisotopic (exact) mass is 305 g/mol. The zero-order chi connectivity index (χ0) is 14.3. The maximum absolute atomic E-state index is 3.52. The van der Waals surface area contributed by atoms with Gasteiger partial charge in [0.05, 0.1) is 0 Å². The first-order valence-corrected chi connectivity index (χ1v) is 8.14. The highest BCUT2D eigenvalue weighted by Gasteiger charge is 2.30. The summed E-state index contributed by atoms with van der Waals surface area (Å²) >= 11 is 0. The van der Waals surface area contributed by atoms with E-state index in [4.69, 9.17) is 0 Å². The number of rotatable bonds is 9. The van der Waals surface area contributed by atoms with Gasteiger partial charge in [-0.3, -0.25) is 0 Å². The van der Waals surface area contributed by atoms with Gasteiger partial charge in [-0.05, 0) is 37.4 Å². The summed E-state index contributed by atoms with van der Waals surface area (Å²) in [5.41, 5.74) is 0.484. The molecule has 0 spiro atoms. The van der Waals surface area contributed by atoms with E-state index in [-0.39, 0.29) is 12.4 Å². The maximum Gasteiger partial charge on any atom is 0.0110 e. The van der Waals surface area contributed by atoms with Crippen LogP contribution in [0.2, 0.25) is 0 Å². The quantitative estimate of drug-likeness (QED) is 0.706. The summed E-state index contributed by atoms with van der Waals surface area (Å²) < 4.78 is 0. The molecule has 122 valence electrons. The van der Waals surface area contributed by atoms with Gasteiger partial charge in [-0.25, -0.2) is 0 Å². The minimum atomic E-state index is 0. The topological polar surface area (TPSA) is 18.5 Å². The Labute approximate surface area is 132 Å². The van der Waals surface area contributed by atoms with Crippen molar-refractivity contribution in [1.82, 2.24) is 15.1 Å². The van der Waals surface area contributed by atoms with E-state index >= 15 is 0 Å². The molecule has 3 nitrogen and oxygen atoms in total.